The van der Waals surface area contributed by atoms with Crippen molar-refractivity contribution in [3.63, 3.8) is 0 Å². The van der Waals surface area contributed by atoms with Gasteiger partial charge >= 0.3 is 0 Å². The summed E-state index contributed by atoms with van der Waals surface area (Å²) < 4.78 is 0. The zero-order valence-electron chi connectivity index (χ0n) is 19.9. The van der Waals surface area contributed by atoms with Gasteiger partial charge in [0.1, 0.15) is 0 Å². The number of piperazine rings is 1. The summed E-state index contributed by atoms with van der Waals surface area (Å²) in [5, 5.41) is 1.37. The largest absolute Gasteiger partial charge is 0.368 e. The third kappa shape index (κ3) is 10.9. The molecule has 0 bridgehead atoms. The van der Waals surface area contributed by atoms with E-state index in [4.69, 9.17) is 23.2 Å². The van der Waals surface area contributed by atoms with Crippen LogP contribution < -0.4 is 4.90 Å². The molecular weight excluding hydrogens is 415 g/mol. The van der Waals surface area contributed by atoms with Crippen LogP contribution in [0.2, 0.25) is 10.0 Å². The van der Waals surface area contributed by atoms with Crippen molar-refractivity contribution in [3.8, 4) is 0 Å². The van der Waals surface area contributed by atoms with Gasteiger partial charge in [-0.05, 0) is 36.6 Å². The van der Waals surface area contributed by atoms with Crippen molar-refractivity contribution in [1.29, 1.82) is 0 Å². The van der Waals surface area contributed by atoms with Crippen LogP contribution in [0.15, 0.2) is 49.1 Å². The van der Waals surface area contributed by atoms with E-state index in [9.17, 15) is 4.79 Å². The molecule has 30 heavy (non-hydrogen) atoms. The van der Waals surface area contributed by atoms with Gasteiger partial charge in [0.05, 0.1) is 0 Å². The molecule has 0 saturated carbocycles. The van der Waals surface area contributed by atoms with E-state index >= 15 is 0 Å². The fraction of sp³-hybridized carbons (Fsp3) is 0.480. The normalized spacial score (nSPS) is 12.9. The van der Waals surface area contributed by atoms with Crippen LogP contribution in [0.4, 0.5) is 5.69 Å². The highest BCUT2D eigenvalue weighted by Crippen LogP contribution is 2.30. The van der Waals surface area contributed by atoms with Crippen LogP contribution in [0, 0.1) is 6.92 Å². The van der Waals surface area contributed by atoms with Crippen LogP contribution in [-0.2, 0) is 4.79 Å². The Kier molecular flexibility index (Phi) is 18.4. The Morgan fingerprint density at radius 3 is 1.80 bits per heavy atom. The second kappa shape index (κ2) is 18.1. The minimum atomic E-state index is 0.134. The van der Waals surface area contributed by atoms with E-state index in [-0.39, 0.29) is 5.91 Å². The predicted molar refractivity (Wildman–Crippen MR) is 137 cm³/mol. The Balaban J connectivity index is 0. The second-order valence-electron chi connectivity index (χ2n) is 6.06. The van der Waals surface area contributed by atoms with Gasteiger partial charge in [-0.1, -0.05) is 89.2 Å². The zero-order valence-corrected chi connectivity index (χ0v) is 21.4. The van der Waals surface area contributed by atoms with Gasteiger partial charge in [0.2, 0.25) is 5.91 Å². The van der Waals surface area contributed by atoms with Gasteiger partial charge in [0, 0.05) is 48.8 Å². The minimum Gasteiger partial charge on any atom is -0.368 e. The first-order valence-electron chi connectivity index (χ1n) is 10.7. The lowest BCUT2D eigenvalue weighted by molar-refractivity contribution is -0.129. The topological polar surface area (TPSA) is 23.6 Å². The Labute approximate surface area is 195 Å². The van der Waals surface area contributed by atoms with E-state index in [1.807, 2.05) is 63.8 Å². The van der Waals surface area contributed by atoms with Crippen molar-refractivity contribution in [2.45, 2.75) is 54.9 Å². The van der Waals surface area contributed by atoms with E-state index in [0.717, 1.165) is 43.9 Å². The Morgan fingerprint density at radius 2 is 1.50 bits per heavy atom. The van der Waals surface area contributed by atoms with Crippen LogP contribution in [0.25, 0.3) is 0 Å². The van der Waals surface area contributed by atoms with Crippen LogP contribution in [0.1, 0.15) is 53.5 Å². The summed E-state index contributed by atoms with van der Waals surface area (Å²) >= 11 is 12.3. The maximum atomic E-state index is 11.3. The molecule has 0 spiro atoms. The Hall–Kier alpha value is -1.71. The molecule has 170 valence electrons. The number of amides is 1. The first-order valence-corrected chi connectivity index (χ1v) is 11.5. The maximum Gasteiger partial charge on any atom is 0.219 e. The molecule has 5 heteroatoms. The fourth-order valence-corrected chi connectivity index (χ4v) is 3.05. The van der Waals surface area contributed by atoms with E-state index < -0.39 is 0 Å². The zero-order chi connectivity index (χ0) is 23.7. The average Bonchev–Trinajstić information content (AvgIpc) is 2.78. The average molecular weight is 456 g/mol. The molecule has 0 aliphatic carbocycles. The molecule has 3 nitrogen and oxygen atoms in total. The SMILES string of the molecule is C=C/C=C(\C=C)CC.CC.CC.CC(=O)N1CCN(c2cc(Cl)c(C)c(Cl)c2)CC1. The number of anilines is 1. The maximum absolute atomic E-state index is 11.3. The summed E-state index contributed by atoms with van der Waals surface area (Å²) in [4.78, 5) is 15.3. The van der Waals surface area contributed by atoms with E-state index in [2.05, 4.69) is 25.0 Å². The van der Waals surface area contributed by atoms with Gasteiger partial charge in [-0.3, -0.25) is 4.79 Å². The van der Waals surface area contributed by atoms with Crippen molar-refractivity contribution in [1.82, 2.24) is 4.90 Å². The summed E-state index contributed by atoms with van der Waals surface area (Å²) in [5.74, 6) is 0.134. The van der Waals surface area contributed by atoms with Gasteiger partial charge in [-0.25, -0.2) is 0 Å². The molecule has 2 rings (SSSR count). The number of halogens is 2. The van der Waals surface area contributed by atoms with Crippen LogP contribution in [0.5, 0.6) is 0 Å². The van der Waals surface area contributed by atoms with Gasteiger partial charge in [-0.15, -0.1) is 0 Å². The molecule has 1 heterocycles. The summed E-state index contributed by atoms with van der Waals surface area (Å²) in [6, 6.07) is 3.87. The van der Waals surface area contributed by atoms with Gasteiger partial charge in [-0.2, -0.15) is 0 Å². The number of hydrogen-bond donors (Lipinski definition) is 0. The lowest BCUT2D eigenvalue weighted by Crippen LogP contribution is -2.48. The lowest BCUT2D eigenvalue weighted by Gasteiger charge is -2.35. The van der Waals surface area contributed by atoms with E-state index in [1.54, 1.807) is 13.0 Å². The number of nitrogens with zero attached hydrogens (tertiary/aromatic N) is 2. The first-order chi connectivity index (χ1) is 14.3. The van der Waals surface area contributed by atoms with E-state index in [0.29, 0.717) is 10.0 Å². The highest BCUT2D eigenvalue weighted by molar-refractivity contribution is 6.36. The molecule has 1 aromatic rings. The molecule has 0 unspecified atom stereocenters. The lowest BCUT2D eigenvalue weighted by atomic mass is 10.2. The number of rotatable bonds is 4. The predicted octanol–water partition coefficient (Wildman–Crippen LogP) is 7.72. The van der Waals surface area contributed by atoms with Crippen LogP contribution in [0.3, 0.4) is 0 Å². The van der Waals surface area contributed by atoms with Crippen molar-refractivity contribution in [2.75, 3.05) is 31.1 Å². The van der Waals surface area contributed by atoms with Crippen molar-refractivity contribution < 1.29 is 4.79 Å². The highest BCUT2D eigenvalue weighted by atomic mass is 35.5. The first kappa shape index (κ1) is 30.5. The van der Waals surface area contributed by atoms with Crippen LogP contribution in [-0.4, -0.2) is 37.0 Å². The molecule has 0 radical (unpaired) electrons. The van der Waals surface area contributed by atoms with Crippen molar-refractivity contribution in [2.24, 2.45) is 0 Å². The van der Waals surface area contributed by atoms with Crippen molar-refractivity contribution >= 4 is 34.8 Å². The quantitative estimate of drug-likeness (QED) is 0.434. The fourth-order valence-electron chi connectivity index (χ4n) is 2.58. The van der Waals surface area contributed by atoms with E-state index in [1.165, 1.54) is 5.57 Å². The molecule has 1 aliphatic rings. The molecule has 1 amide bonds. The third-order valence-electron chi connectivity index (χ3n) is 4.36. The summed E-state index contributed by atoms with van der Waals surface area (Å²) in [6.07, 6.45) is 6.63. The standard InChI is InChI=1S/C13H16Cl2N2O.C8H12.2C2H6/c1-9-12(14)7-11(8-13(9)15)17-5-3-16(4-6-17)10(2)18;1-4-7-8(5-2)6-3;2*1-2/h7-8H,3-6H2,1-2H3;4-5,7H,1-2,6H2,3H3;2*1-2H3/b;8-7+;;. The summed E-state index contributed by atoms with van der Waals surface area (Å²) in [5.41, 5.74) is 3.17. The highest BCUT2D eigenvalue weighted by Gasteiger charge is 2.19. The molecule has 1 saturated heterocycles. The molecule has 0 N–H and O–H groups in total. The molecule has 0 atom stereocenters. The van der Waals surface area contributed by atoms with Crippen LogP contribution >= 0.6 is 23.2 Å². The van der Waals surface area contributed by atoms with Crippen molar-refractivity contribution in [3.05, 3.63) is 64.7 Å². The Morgan fingerprint density at radius 1 is 1.03 bits per heavy atom. The van der Waals surface area contributed by atoms with Gasteiger partial charge in [0.15, 0.2) is 0 Å². The number of allylic oxidation sites excluding steroid dienone is 4. The molecule has 1 aliphatic heterocycles. The Bertz CT molecular complexity index is 653. The molecule has 1 fully saturated rings. The third-order valence-corrected chi connectivity index (χ3v) is 5.14. The van der Waals surface area contributed by atoms with Gasteiger partial charge in [0.25, 0.3) is 0 Å². The molecule has 0 aromatic heterocycles. The number of carbonyl (C=O) groups excluding carboxylic acids is 1. The minimum absolute atomic E-state index is 0.134. The number of benzene rings is 1. The molecule has 1 aromatic carbocycles. The summed E-state index contributed by atoms with van der Waals surface area (Å²) in [6.45, 7) is 23.9. The second-order valence-corrected chi connectivity index (χ2v) is 6.88. The monoisotopic (exact) mass is 454 g/mol. The smallest absolute Gasteiger partial charge is 0.219 e. The molecular formula is C25H40Cl2N2O. The van der Waals surface area contributed by atoms with Gasteiger partial charge < -0.3 is 9.80 Å². The number of carbonyl (C=O) groups is 1. The number of hydrogen-bond acceptors (Lipinski definition) is 2. The summed E-state index contributed by atoms with van der Waals surface area (Å²) in [7, 11) is 0.